The maximum Gasteiger partial charge on any atom is 0.136 e. The summed E-state index contributed by atoms with van der Waals surface area (Å²) in [6.45, 7) is 7.93. The van der Waals surface area contributed by atoms with Crippen molar-refractivity contribution in [2.24, 2.45) is 5.41 Å². The molecule has 1 aliphatic rings. The first-order valence-corrected chi connectivity index (χ1v) is 4.97. The van der Waals surface area contributed by atoms with Crippen LogP contribution < -0.4 is 0 Å². The monoisotopic (exact) mass is 179 g/mol. The minimum atomic E-state index is 0.311. The van der Waals surface area contributed by atoms with E-state index in [1.807, 2.05) is 6.33 Å². The molecule has 0 aliphatic carbocycles. The summed E-state index contributed by atoms with van der Waals surface area (Å²) >= 11 is 0. The van der Waals surface area contributed by atoms with Gasteiger partial charge >= 0.3 is 0 Å². The Balaban J connectivity index is 2.35. The van der Waals surface area contributed by atoms with Gasteiger partial charge in [0.15, 0.2) is 0 Å². The highest BCUT2D eigenvalue weighted by molar-refractivity contribution is 5.04. The average Bonchev–Trinajstić information content (AvgIpc) is 2.48. The Labute approximate surface area is 79.2 Å². The molecule has 1 aromatic rings. The Bertz CT molecular complexity index is 295. The second kappa shape index (κ2) is 2.82. The van der Waals surface area contributed by atoms with Crippen molar-refractivity contribution in [2.45, 2.75) is 46.1 Å². The standard InChI is InChI=1S/C10H17N3/c1-10(2,3)8-5-4-6-13-7-11-12-9(8)13/h7-8H,4-6H2,1-3H3. The SMILES string of the molecule is CC(C)(C)C1CCCn2cnnc21. The van der Waals surface area contributed by atoms with Crippen LogP contribution in [0.3, 0.4) is 0 Å². The zero-order chi connectivity index (χ0) is 9.47. The van der Waals surface area contributed by atoms with Crippen LogP contribution in [0.5, 0.6) is 0 Å². The Kier molecular flexibility index (Phi) is 1.90. The smallest absolute Gasteiger partial charge is 0.136 e. The Morgan fingerprint density at radius 1 is 1.46 bits per heavy atom. The van der Waals surface area contributed by atoms with Gasteiger partial charge in [-0.1, -0.05) is 20.8 Å². The predicted octanol–water partition coefficient (Wildman–Crippen LogP) is 2.20. The van der Waals surface area contributed by atoms with E-state index in [0.29, 0.717) is 11.3 Å². The van der Waals surface area contributed by atoms with Crippen LogP contribution in [0.25, 0.3) is 0 Å². The molecule has 13 heavy (non-hydrogen) atoms. The van der Waals surface area contributed by atoms with E-state index in [0.717, 1.165) is 6.54 Å². The quantitative estimate of drug-likeness (QED) is 0.611. The van der Waals surface area contributed by atoms with Crippen LogP contribution in [-0.4, -0.2) is 14.8 Å². The number of hydrogen-bond donors (Lipinski definition) is 0. The molecule has 0 aromatic carbocycles. The lowest BCUT2D eigenvalue weighted by Crippen LogP contribution is -2.26. The number of rotatable bonds is 0. The molecule has 0 bridgehead atoms. The molecule has 0 spiro atoms. The van der Waals surface area contributed by atoms with Crippen LogP contribution in [0.4, 0.5) is 0 Å². The van der Waals surface area contributed by atoms with Crippen molar-refractivity contribution in [2.75, 3.05) is 0 Å². The highest BCUT2D eigenvalue weighted by Gasteiger charge is 2.32. The predicted molar refractivity (Wildman–Crippen MR) is 51.5 cm³/mol. The zero-order valence-corrected chi connectivity index (χ0v) is 8.62. The molecular weight excluding hydrogens is 162 g/mol. The van der Waals surface area contributed by atoms with Crippen molar-refractivity contribution >= 4 is 0 Å². The molecule has 1 aromatic heterocycles. The summed E-state index contributed by atoms with van der Waals surface area (Å²) in [5.41, 5.74) is 0.311. The summed E-state index contributed by atoms with van der Waals surface area (Å²) in [6.07, 6.45) is 4.36. The lowest BCUT2D eigenvalue weighted by Gasteiger charge is -2.33. The summed E-state index contributed by atoms with van der Waals surface area (Å²) in [4.78, 5) is 0. The van der Waals surface area contributed by atoms with Gasteiger partial charge in [-0.15, -0.1) is 10.2 Å². The number of aryl methyl sites for hydroxylation is 1. The van der Waals surface area contributed by atoms with Crippen molar-refractivity contribution in [1.29, 1.82) is 0 Å². The maximum absolute atomic E-state index is 4.22. The van der Waals surface area contributed by atoms with E-state index >= 15 is 0 Å². The van der Waals surface area contributed by atoms with E-state index in [4.69, 9.17) is 0 Å². The Morgan fingerprint density at radius 2 is 2.23 bits per heavy atom. The number of fused-ring (bicyclic) bond motifs is 1. The van der Waals surface area contributed by atoms with Gasteiger partial charge in [-0.05, 0) is 18.3 Å². The molecule has 1 unspecified atom stereocenters. The molecule has 2 heterocycles. The molecule has 0 radical (unpaired) electrons. The molecule has 0 fully saturated rings. The fourth-order valence-electron chi connectivity index (χ4n) is 2.12. The van der Waals surface area contributed by atoms with E-state index in [1.165, 1.54) is 18.7 Å². The first-order valence-electron chi connectivity index (χ1n) is 4.97. The largest absolute Gasteiger partial charge is 0.317 e. The molecule has 1 atom stereocenters. The Morgan fingerprint density at radius 3 is 2.92 bits per heavy atom. The molecular formula is C10H17N3. The number of nitrogens with zero attached hydrogens (tertiary/aromatic N) is 3. The van der Waals surface area contributed by atoms with Crippen molar-refractivity contribution in [3.05, 3.63) is 12.2 Å². The summed E-state index contributed by atoms with van der Waals surface area (Å²) in [5.74, 6) is 1.75. The van der Waals surface area contributed by atoms with Gasteiger partial charge in [-0.3, -0.25) is 0 Å². The fourth-order valence-corrected chi connectivity index (χ4v) is 2.12. The third kappa shape index (κ3) is 1.47. The molecule has 0 saturated heterocycles. The molecule has 3 heteroatoms. The van der Waals surface area contributed by atoms with Crippen LogP contribution in [0, 0.1) is 5.41 Å². The minimum Gasteiger partial charge on any atom is -0.317 e. The Hall–Kier alpha value is -0.860. The van der Waals surface area contributed by atoms with E-state index in [-0.39, 0.29) is 0 Å². The zero-order valence-electron chi connectivity index (χ0n) is 8.62. The third-order valence-corrected chi connectivity index (χ3v) is 2.89. The average molecular weight is 179 g/mol. The van der Waals surface area contributed by atoms with Gasteiger partial charge in [0, 0.05) is 12.5 Å². The number of aromatic nitrogens is 3. The van der Waals surface area contributed by atoms with Gasteiger partial charge < -0.3 is 4.57 Å². The highest BCUT2D eigenvalue weighted by Crippen LogP contribution is 2.39. The fraction of sp³-hybridized carbons (Fsp3) is 0.800. The van der Waals surface area contributed by atoms with Crippen LogP contribution in [-0.2, 0) is 6.54 Å². The first kappa shape index (κ1) is 8.73. The van der Waals surface area contributed by atoms with Crippen molar-refractivity contribution in [3.63, 3.8) is 0 Å². The topological polar surface area (TPSA) is 30.7 Å². The van der Waals surface area contributed by atoms with Crippen LogP contribution >= 0.6 is 0 Å². The molecule has 0 amide bonds. The molecule has 1 aliphatic heterocycles. The molecule has 0 N–H and O–H groups in total. The first-order chi connectivity index (χ1) is 6.09. The van der Waals surface area contributed by atoms with Crippen LogP contribution in [0.15, 0.2) is 6.33 Å². The van der Waals surface area contributed by atoms with Crippen molar-refractivity contribution in [3.8, 4) is 0 Å². The molecule has 3 nitrogen and oxygen atoms in total. The van der Waals surface area contributed by atoms with Crippen LogP contribution in [0.2, 0.25) is 0 Å². The van der Waals surface area contributed by atoms with E-state index in [2.05, 4.69) is 35.5 Å². The van der Waals surface area contributed by atoms with Gasteiger partial charge in [0.2, 0.25) is 0 Å². The maximum atomic E-state index is 4.22. The summed E-state index contributed by atoms with van der Waals surface area (Å²) < 4.78 is 2.19. The lowest BCUT2D eigenvalue weighted by atomic mass is 9.76. The lowest BCUT2D eigenvalue weighted by molar-refractivity contribution is 0.257. The van der Waals surface area contributed by atoms with E-state index in [1.54, 1.807) is 0 Å². The van der Waals surface area contributed by atoms with Crippen LogP contribution in [0.1, 0.15) is 45.4 Å². The summed E-state index contributed by atoms with van der Waals surface area (Å²) in [5, 5.41) is 8.20. The third-order valence-electron chi connectivity index (χ3n) is 2.89. The van der Waals surface area contributed by atoms with E-state index in [9.17, 15) is 0 Å². The summed E-state index contributed by atoms with van der Waals surface area (Å²) in [6, 6.07) is 0. The normalized spacial score (nSPS) is 22.8. The van der Waals surface area contributed by atoms with Gasteiger partial charge in [0.25, 0.3) is 0 Å². The molecule has 0 saturated carbocycles. The highest BCUT2D eigenvalue weighted by atomic mass is 15.3. The summed E-state index contributed by atoms with van der Waals surface area (Å²) in [7, 11) is 0. The van der Waals surface area contributed by atoms with Gasteiger partial charge in [-0.25, -0.2) is 0 Å². The second-order valence-corrected chi connectivity index (χ2v) is 4.94. The number of hydrogen-bond acceptors (Lipinski definition) is 2. The second-order valence-electron chi connectivity index (χ2n) is 4.94. The molecule has 2 rings (SSSR count). The van der Waals surface area contributed by atoms with Gasteiger partial charge in [0.05, 0.1) is 0 Å². The minimum absolute atomic E-state index is 0.311. The van der Waals surface area contributed by atoms with Crippen molar-refractivity contribution < 1.29 is 0 Å². The molecule has 72 valence electrons. The van der Waals surface area contributed by atoms with Crippen molar-refractivity contribution in [1.82, 2.24) is 14.8 Å². The van der Waals surface area contributed by atoms with Gasteiger partial charge in [0.1, 0.15) is 12.2 Å². The van der Waals surface area contributed by atoms with E-state index < -0.39 is 0 Å². The van der Waals surface area contributed by atoms with Gasteiger partial charge in [-0.2, -0.15) is 0 Å².